The SMILES string of the molecule is CN(C)C1C(=O)C(C(N)=O)C(=O)C2(O)C(=O)C3C(=O)c4c(O)cccc4C(Cc4ccccc4)C3C(O)C12. The third-order valence-electron chi connectivity index (χ3n) is 8.45. The van der Waals surface area contributed by atoms with Crippen LogP contribution in [0.1, 0.15) is 27.4 Å². The molecule has 198 valence electrons. The van der Waals surface area contributed by atoms with Crippen molar-refractivity contribution < 1.29 is 39.3 Å². The fourth-order valence-electron chi connectivity index (χ4n) is 6.88. The van der Waals surface area contributed by atoms with Gasteiger partial charge in [0, 0.05) is 5.92 Å². The molecule has 8 atom stereocenters. The van der Waals surface area contributed by atoms with E-state index in [1.54, 1.807) is 12.1 Å². The molecule has 1 amide bonds. The first-order valence-electron chi connectivity index (χ1n) is 12.3. The lowest BCUT2D eigenvalue weighted by Gasteiger charge is -2.56. The second kappa shape index (κ2) is 8.93. The number of nitrogens with two attached hydrogens (primary N) is 1. The maximum Gasteiger partial charge on any atom is 0.235 e. The Balaban J connectivity index is 1.74. The highest BCUT2D eigenvalue weighted by atomic mass is 16.3. The summed E-state index contributed by atoms with van der Waals surface area (Å²) in [6.45, 7) is 0. The van der Waals surface area contributed by atoms with Gasteiger partial charge in [0.05, 0.1) is 29.5 Å². The summed E-state index contributed by atoms with van der Waals surface area (Å²) < 4.78 is 0. The molecule has 3 aliphatic rings. The highest BCUT2D eigenvalue weighted by Crippen LogP contribution is 2.55. The van der Waals surface area contributed by atoms with Crippen LogP contribution in [0.4, 0.5) is 0 Å². The topological polar surface area (TPSA) is 175 Å². The number of hydrogen-bond donors (Lipinski definition) is 4. The average molecular weight is 521 g/mol. The van der Waals surface area contributed by atoms with Gasteiger partial charge in [0.15, 0.2) is 34.7 Å². The van der Waals surface area contributed by atoms with Gasteiger partial charge in [0.1, 0.15) is 5.75 Å². The number of nitrogens with zero attached hydrogens (tertiary/aromatic N) is 1. The molecule has 0 bridgehead atoms. The molecule has 2 fully saturated rings. The van der Waals surface area contributed by atoms with Crippen molar-refractivity contribution in [2.75, 3.05) is 14.1 Å². The standard InChI is InChI=1S/C28H28N2O8/c1-30(2)21-20-23(33)17-14(11-12-7-4-3-5-8-12)13-9-6-10-15(31)16(13)22(32)18(17)25(35)28(20,38)26(36)19(24(21)34)27(29)37/h3-10,14,17-21,23,31,33,38H,11H2,1-2H3,(H2,29,37). The van der Waals surface area contributed by atoms with Crippen molar-refractivity contribution in [2.24, 2.45) is 29.4 Å². The highest BCUT2D eigenvalue weighted by Gasteiger charge is 2.73. The van der Waals surface area contributed by atoms with Crippen LogP contribution >= 0.6 is 0 Å². The molecule has 38 heavy (non-hydrogen) atoms. The number of carbonyl (C=O) groups excluding carboxylic acids is 5. The van der Waals surface area contributed by atoms with E-state index in [1.165, 1.54) is 25.1 Å². The molecular weight excluding hydrogens is 492 g/mol. The molecule has 0 heterocycles. The first-order chi connectivity index (χ1) is 17.9. The van der Waals surface area contributed by atoms with E-state index >= 15 is 0 Å². The van der Waals surface area contributed by atoms with Gasteiger partial charge in [0.25, 0.3) is 0 Å². The van der Waals surface area contributed by atoms with Crippen LogP contribution in [0.25, 0.3) is 0 Å². The van der Waals surface area contributed by atoms with Crippen molar-refractivity contribution in [3.63, 3.8) is 0 Å². The lowest BCUT2D eigenvalue weighted by atomic mass is 9.49. The zero-order valence-electron chi connectivity index (χ0n) is 20.8. The summed E-state index contributed by atoms with van der Waals surface area (Å²) in [6, 6.07) is 12.2. The van der Waals surface area contributed by atoms with Crippen LogP contribution in [-0.4, -0.2) is 81.1 Å². The minimum Gasteiger partial charge on any atom is -0.507 e. The zero-order valence-corrected chi connectivity index (χ0v) is 20.8. The normalized spacial score (nSPS) is 34.5. The number of Topliss-reactive ketones (excluding diaryl/α,β-unsaturated/α-hetero) is 4. The largest absolute Gasteiger partial charge is 0.507 e. The van der Waals surface area contributed by atoms with E-state index in [1.807, 2.05) is 30.3 Å². The van der Waals surface area contributed by atoms with Gasteiger partial charge in [-0.2, -0.15) is 0 Å². The summed E-state index contributed by atoms with van der Waals surface area (Å²) in [4.78, 5) is 68.1. The number of aliphatic hydroxyl groups is 2. The molecule has 2 aromatic carbocycles. The van der Waals surface area contributed by atoms with Gasteiger partial charge in [0.2, 0.25) is 5.91 Å². The van der Waals surface area contributed by atoms with Crippen LogP contribution in [0.3, 0.4) is 0 Å². The Labute approximate surface area is 218 Å². The van der Waals surface area contributed by atoms with Crippen molar-refractivity contribution in [3.05, 3.63) is 65.2 Å². The van der Waals surface area contributed by atoms with Crippen molar-refractivity contribution in [2.45, 2.75) is 30.1 Å². The van der Waals surface area contributed by atoms with Gasteiger partial charge in [-0.05, 0) is 43.6 Å². The number of hydrogen-bond acceptors (Lipinski definition) is 9. The highest BCUT2D eigenvalue weighted by molar-refractivity contribution is 6.32. The lowest BCUT2D eigenvalue weighted by molar-refractivity contribution is -0.197. The van der Waals surface area contributed by atoms with E-state index < -0.39 is 76.4 Å². The number of likely N-dealkylation sites (N-methyl/N-ethyl adjacent to an activating group) is 1. The molecular formula is C28H28N2O8. The fraction of sp³-hybridized carbons (Fsp3) is 0.393. The van der Waals surface area contributed by atoms with Crippen LogP contribution in [0.15, 0.2) is 48.5 Å². The van der Waals surface area contributed by atoms with Gasteiger partial charge in [-0.1, -0.05) is 42.5 Å². The molecule has 8 unspecified atom stereocenters. The molecule has 0 saturated heterocycles. The molecule has 0 aliphatic heterocycles. The summed E-state index contributed by atoms with van der Waals surface area (Å²) in [6.07, 6.45) is -1.41. The van der Waals surface area contributed by atoms with Gasteiger partial charge >= 0.3 is 0 Å². The van der Waals surface area contributed by atoms with E-state index in [4.69, 9.17) is 5.73 Å². The number of aliphatic hydroxyl groups excluding tert-OH is 1. The predicted molar refractivity (Wildman–Crippen MR) is 132 cm³/mol. The van der Waals surface area contributed by atoms with Crippen molar-refractivity contribution in [1.82, 2.24) is 4.90 Å². The number of ketones is 4. The number of aromatic hydroxyl groups is 1. The Kier molecular flexibility index (Phi) is 6.09. The quantitative estimate of drug-likeness (QED) is 0.392. The Morgan fingerprint density at radius 3 is 2.26 bits per heavy atom. The number of primary amides is 1. The first kappa shape index (κ1) is 25.9. The molecule has 5 rings (SSSR count). The number of phenols is 1. The lowest BCUT2D eigenvalue weighted by Crippen LogP contribution is -2.77. The van der Waals surface area contributed by atoms with Crippen LogP contribution < -0.4 is 5.73 Å². The molecule has 2 saturated carbocycles. The minimum absolute atomic E-state index is 0.118. The van der Waals surface area contributed by atoms with Crippen molar-refractivity contribution in [1.29, 1.82) is 0 Å². The Hall–Kier alpha value is -3.73. The second-order valence-electron chi connectivity index (χ2n) is 10.6. The van der Waals surface area contributed by atoms with Crippen molar-refractivity contribution in [3.8, 4) is 5.75 Å². The second-order valence-corrected chi connectivity index (χ2v) is 10.6. The summed E-state index contributed by atoms with van der Waals surface area (Å²) in [7, 11) is 2.92. The van der Waals surface area contributed by atoms with E-state index in [-0.39, 0.29) is 17.7 Å². The summed E-state index contributed by atoms with van der Waals surface area (Å²) in [5.41, 5.74) is 3.45. The summed E-state index contributed by atoms with van der Waals surface area (Å²) in [5.74, 6) is -13.4. The van der Waals surface area contributed by atoms with Gasteiger partial charge < -0.3 is 21.1 Å². The molecule has 0 spiro atoms. The number of phenolic OH excluding ortho intramolecular Hbond substituents is 1. The maximum absolute atomic E-state index is 14.1. The number of benzene rings is 2. The van der Waals surface area contributed by atoms with Gasteiger partial charge in [-0.15, -0.1) is 0 Å². The summed E-state index contributed by atoms with van der Waals surface area (Å²) >= 11 is 0. The first-order valence-corrected chi connectivity index (χ1v) is 12.3. The third kappa shape index (κ3) is 3.40. The molecule has 10 nitrogen and oxygen atoms in total. The number of fused-ring (bicyclic) bond motifs is 3. The molecule has 2 aromatic rings. The third-order valence-corrected chi connectivity index (χ3v) is 8.45. The molecule has 0 aromatic heterocycles. The molecule has 0 radical (unpaired) electrons. The van der Waals surface area contributed by atoms with E-state index in [0.717, 1.165) is 5.56 Å². The van der Waals surface area contributed by atoms with Gasteiger partial charge in [-0.25, -0.2) is 0 Å². The van der Waals surface area contributed by atoms with E-state index in [9.17, 15) is 39.3 Å². The van der Waals surface area contributed by atoms with Crippen molar-refractivity contribution >= 4 is 29.0 Å². The Morgan fingerprint density at radius 1 is 1.00 bits per heavy atom. The minimum atomic E-state index is -3.02. The smallest absolute Gasteiger partial charge is 0.235 e. The zero-order chi connectivity index (χ0) is 27.7. The monoisotopic (exact) mass is 520 g/mol. The van der Waals surface area contributed by atoms with E-state index in [0.29, 0.717) is 5.56 Å². The Morgan fingerprint density at radius 2 is 1.66 bits per heavy atom. The fourth-order valence-corrected chi connectivity index (χ4v) is 6.88. The molecule has 5 N–H and O–H groups in total. The number of rotatable bonds is 4. The van der Waals surface area contributed by atoms with Gasteiger partial charge in [-0.3, -0.25) is 28.9 Å². The number of carbonyl (C=O) groups is 5. The predicted octanol–water partition coefficient (Wildman–Crippen LogP) is -0.378. The van der Waals surface area contributed by atoms with E-state index in [2.05, 4.69) is 0 Å². The van der Waals surface area contributed by atoms with Crippen LogP contribution in [0.5, 0.6) is 5.75 Å². The molecule has 10 heteroatoms. The number of amides is 1. The maximum atomic E-state index is 14.1. The van der Waals surface area contributed by atoms with Crippen LogP contribution in [0, 0.1) is 23.7 Å². The average Bonchev–Trinajstić information content (AvgIpc) is 2.86. The van der Waals surface area contributed by atoms with Crippen LogP contribution in [-0.2, 0) is 25.6 Å². The van der Waals surface area contributed by atoms with Crippen LogP contribution in [0.2, 0.25) is 0 Å². The Bertz CT molecular complexity index is 1370. The molecule has 3 aliphatic carbocycles. The summed E-state index contributed by atoms with van der Waals surface area (Å²) in [5, 5.41) is 34.2.